The van der Waals surface area contributed by atoms with Gasteiger partial charge in [-0.3, -0.25) is 9.59 Å². The molecule has 0 bridgehead atoms. The summed E-state index contributed by atoms with van der Waals surface area (Å²) in [5.41, 5.74) is 5.05. The normalized spacial score (nSPS) is 12.1. The molecule has 2 aromatic carbocycles. The number of halogens is 1. The number of aromatic nitrogens is 4. The number of benzene rings is 2. The van der Waals surface area contributed by atoms with Crippen molar-refractivity contribution in [1.82, 2.24) is 25.3 Å². The van der Waals surface area contributed by atoms with Gasteiger partial charge in [-0.15, -0.1) is 0 Å². The van der Waals surface area contributed by atoms with Crippen LogP contribution in [0.25, 0.3) is 11.3 Å². The predicted molar refractivity (Wildman–Crippen MR) is 135 cm³/mol. The number of rotatable bonds is 5. The van der Waals surface area contributed by atoms with Crippen LogP contribution in [0.2, 0.25) is 0 Å². The highest BCUT2D eigenvalue weighted by Crippen LogP contribution is 2.34. The van der Waals surface area contributed by atoms with E-state index in [0.29, 0.717) is 23.8 Å². The number of carbonyl (C=O) groups excluding carboxylic acids is 2. The Morgan fingerprint density at radius 1 is 1.09 bits per heavy atom. The van der Waals surface area contributed by atoms with Crippen molar-refractivity contribution >= 4 is 51.7 Å². The van der Waals surface area contributed by atoms with Gasteiger partial charge in [0, 0.05) is 38.3 Å². The zero-order valence-corrected chi connectivity index (χ0v) is 19.9. The van der Waals surface area contributed by atoms with E-state index in [1.807, 2.05) is 18.2 Å². The Morgan fingerprint density at radius 2 is 1.94 bits per heavy atom. The summed E-state index contributed by atoms with van der Waals surface area (Å²) in [6, 6.07) is 14.6. The van der Waals surface area contributed by atoms with Crippen molar-refractivity contribution < 1.29 is 9.59 Å². The van der Waals surface area contributed by atoms with Crippen molar-refractivity contribution in [2.45, 2.75) is 13.0 Å². The van der Waals surface area contributed by atoms with Crippen LogP contribution >= 0.6 is 22.6 Å². The fraction of sp³-hybridized carbons (Fsp3) is 0.0833. The Labute approximate surface area is 208 Å². The first-order valence-corrected chi connectivity index (χ1v) is 11.5. The molecule has 10 heteroatoms. The minimum absolute atomic E-state index is 0.0973. The lowest BCUT2D eigenvalue weighted by atomic mass is 10.1. The predicted octanol–water partition coefficient (Wildman–Crippen LogP) is 3.71. The van der Waals surface area contributed by atoms with Crippen molar-refractivity contribution in [2.75, 3.05) is 10.6 Å². The second-order valence-electron chi connectivity index (χ2n) is 7.57. The van der Waals surface area contributed by atoms with Gasteiger partial charge in [0.2, 0.25) is 11.9 Å². The Kier molecular flexibility index (Phi) is 6.12. The number of fused-ring (bicyclic) bond motifs is 3. The second-order valence-corrected chi connectivity index (χ2v) is 8.81. The quantitative estimate of drug-likeness (QED) is 0.317. The summed E-state index contributed by atoms with van der Waals surface area (Å²) in [5, 5.41) is 8.95. The van der Waals surface area contributed by atoms with Crippen molar-refractivity contribution in [2.24, 2.45) is 0 Å². The molecular weight excluding hydrogens is 545 g/mol. The van der Waals surface area contributed by atoms with Crippen molar-refractivity contribution in [3.8, 4) is 11.3 Å². The van der Waals surface area contributed by atoms with Gasteiger partial charge < -0.3 is 16.0 Å². The molecule has 2 aromatic heterocycles. The van der Waals surface area contributed by atoms with Crippen molar-refractivity contribution in [3.63, 3.8) is 0 Å². The van der Waals surface area contributed by atoms with Gasteiger partial charge >= 0.3 is 0 Å². The minimum atomic E-state index is -0.199. The molecule has 168 valence electrons. The first kappa shape index (κ1) is 21.9. The van der Waals surface area contributed by atoms with Crippen molar-refractivity contribution in [1.29, 1.82) is 0 Å². The summed E-state index contributed by atoms with van der Waals surface area (Å²) in [4.78, 5) is 41.7. The molecule has 4 aromatic rings. The SMILES string of the molecule is O=C1Cc2cnc(Nc3ccc(C(=O)NCc4ccncn4)cc3)nc2-c2ccc(I)cc2N1. The molecule has 0 fully saturated rings. The average Bonchev–Trinajstić information content (AvgIpc) is 2.98. The molecule has 0 aliphatic carbocycles. The van der Waals surface area contributed by atoms with E-state index < -0.39 is 0 Å². The van der Waals surface area contributed by atoms with E-state index in [1.54, 1.807) is 42.7 Å². The average molecular weight is 563 g/mol. The highest BCUT2D eigenvalue weighted by molar-refractivity contribution is 14.1. The van der Waals surface area contributed by atoms with Crippen LogP contribution in [0, 0.1) is 3.57 Å². The molecule has 3 heterocycles. The van der Waals surface area contributed by atoms with Crippen LogP contribution in [0.5, 0.6) is 0 Å². The van der Waals surface area contributed by atoms with Gasteiger partial charge in [-0.05, 0) is 71.1 Å². The molecule has 2 amide bonds. The Bertz CT molecular complexity index is 1380. The minimum Gasteiger partial charge on any atom is -0.346 e. The lowest BCUT2D eigenvalue weighted by molar-refractivity contribution is -0.115. The Balaban J connectivity index is 1.32. The van der Waals surface area contributed by atoms with Crippen LogP contribution in [0.15, 0.2) is 67.3 Å². The molecule has 0 radical (unpaired) electrons. The third-order valence-electron chi connectivity index (χ3n) is 5.20. The summed E-state index contributed by atoms with van der Waals surface area (Å²) in [5.74, 6) is 0.105. The third-order valence-corrected chi connectivity index (χ3v) is 5.87. The van der Waals surface area contributed by atoms with E-state index in [2.05, 4.69) is 58.5 Å². The number of amides is 2. The van der Waals surface area contributed by atoms with E-state index in [1.165, 1.54) is 6.33 Å². The Morgan fingerprint density at radius 3 is 2.74 bits per heavy atom. The van der Waals surface area contributed by atoms with E-state index in [-0.39, 0.29) is 18.2 Å². The number of anilines is 3. The zero-order chi connectivity index (χ0) is 23.5. The summed E-state index contributed by atoms with van der Waals surface area (Å²) >= 11 is 2.21. The molecule has 3 N–H and O–H groups in total. The van der Waals surface area contributed by atoms with Crippen LogP contribution in [-0.4, -0.2) is 31.8 Å². The summed E-state index contributed by atoms with van der Waals surface area (Å²) in [6.07, 6.45) is 4.96. The van der Waals surface area contributed by atoms with Gasteiger partial charge in [-0.2, -0.15) is 0 Å². The van der Waals surface area contributed by atoms with E-state index in [9.17, 15) is 9.59 Å². The molecule has 1 aliphatic heterocycles. The number of hydrogen-bond donors (Lipinski definition) is 3. The smallest absolute Gasteiger partial charge is 0.251 e. The molecular formula is C24H18IN7O2. The molecule has 0 atom stereocenters. The van der Waals surface area contributed by atoms with Crippen LogP contribution in [0.3, 0.4) is 0 Å². The van der Waals surface area contributed by atoms with Crippen LogP contribution < -0.4 is 16.0 Å². The molecule has 0 saturated heterocycles. The lowest BCUT2D eigenvalue weighted by Crippen LogP contribution is -2.23. The van der Waals surface area contributed by atoms with Gasteiger partial charge in [0.1, 0.15) is 6.33 Å². The van der Waals surface area contributed by atoms with Gasteiger partial charge in [0.05, 0.1) is 30.0 Å². The fourth-order valence-electron chi connectivity index (χ4n) is 3.55. The highest BCUT2D eigenvalue weighted by atomic mass is 127. The zero-order valence-electron chi connectivity index (χ0n) is 17.7. The number of nitrogens with zero attached hydrogens (tertiary/aromatic N) is 4. The van der Waals surface area contributed by atoms with E-state index in [4.69, 9.17) is 0 Å². The number of carbonyl (C=O) groups is 2. The molecule has 1 aliphatic rings. The molecule has 0 unspecified atom stereocenters. The first-order valence-electron chi connectivity index (χ1n) is 10.4. The highest BCUT2D eigenvalue weighted by Gasteiger charge is 2.21. The molecule has 0 saturated carbocycles. The Hall–Kier alpha value is -3.93. The van der Waals surface area contributed by atoms with Gasteiger partial charge in [0.15, 0.2) is 0 Å². The van der Waals surface area contributed by atoms with Crippen LogP contribution in [-0.2, 0) is 17.8 Å². The number of nitrogens with one attached hydrogen (secondary N) is 3. The van der Waals surface area contributed by atoms with E-state index in [0.717, 1.165) is 31.8 Å². The molecule has 34 heavy (non-hydrogen) atoms. The summed E-state index contributed by atoms with van der Waals surface area (Å²) in [6.45, 7) is 0.322. The monoisotopic (exact) mass is 563 g/mol. The second kappa shape index (κ2) is 9.51. The molecule has 9 nitrogen and oxygen atoms in total. The van der Waals surface area contributed by atoms with Gasteiger partial charge in [-0.1, -0.05) is 0 Å². The standard InChI is InChI=1S/C24H18IN7O2/c25-16-3-6-19-20(10-16)31-21(33)9-15-11-28-24(32-22(15)19)30-17-4-1-14(2-5-17)23(34)27-12-18-7-8-26-13-29-18/h1-8,10-11,13H,9,12H2,(H,27,34)(H,31,33)(H,28,30,32). The summed E-state index contributed by atoms with van der Waals surface area (Å²) in [7, 11) is 0. The van der Waals surface area contributed by atoms with Crippen molar-refractivity contribution in [3.05, 3.63) is 87.6 Å². The van der Waals surface area contributed by atoms with E-state index >= 15 is 0 Å². The maximum atomic E-state index is 12.4. The third kappa shape index (κ3) is 4.86. The van der Waals surface area contributed by atoms with Crippen LogP contribution in [0.4, 0.5) is 17.3 Å². The lowest BCUT2D eigenvalue weighted by Gasteiger charge is -2.11. The molecule has 0 spiro atoms. The van der Waals surface area contributed by atoms with Gasteiger partial charge in [-0.25, -0.2) is 19.9 Å². The first-order chi connectivity index (χ1) is 16.5. The number of hydrogen-bond acceptors (Lipinski definition) is 7. The fourth-order valence-corrected chi connectivity index (χ4v) is 4.04. The summed E-state index contributed by atoms with van der Waals surface area (Å²) < 4.78 is 1.02. The van der Waals surface area contributed by atoms with Crippen LogP contribution in [0.1, 0.15) is 21.6 Å². The molecule has 5 rings (SSSR count). The largest absolute Gasteiger partial charge is 0.346 e. The topological polar surface area (TPSA) is 122 Å². The maximum Gasteiger partial charge on any atom is 0.251 e. The maximum absolute atomic E-state index is 12.4. The van der Waals surface area contributed by atoms with Gasteiger partial charge in [0.25, 0.3) is 5.91 Å².